The summed E-state index contributed by atoms with van der Waals surface area (Å²) in [6.45, 7) is 2.48. The molecule has 2 rings (SSSR count). The zero-order valence-corrected chi connectivity index (χ0v) is 13.2. The second kappa shape index (κ2) is 7.71. The molecule has 2 aromatic carbocycles. The van der Waals surface area contributed by atoms with Crippen LogP contribution < -0.4 is 15.8 Å². The highest BCUT2D eigenvalue weighted by Gasteiger charge is 2.06. The molecule has 0 heterocycles. The van der Waals surface area contributed by atoms with Gasteiger partial charge in [0.1, 0.15) is 5.75 Å². The van der Waals surface area contributed by atoms with Crippen LogP contribution in [-0.4, -0.2) is 12.5 Å². The van der Waals surface area contributed by atoms with E-state index in [1.54, 1.807) is 24.3 Å². The summed E-state index contributed by atoms with van der Waals surface area (Å²) in [6, 6.07) is 12.7. The van der Waals surface area contributed by atoms with E-state index in [1.165, 1.54) is 0 Å². The Morgan fingerprint density at radius 3 is 2.59 bits per heavy atom. The van der Waals surface area contributed by atoms with Gasteiger partial charge in [0, 0.05) is 17.8 Å². The van der Waals surface area contributed by atoms with Gasteiger partial charge >= 0.3 is 0 Å². The van der Waals surface area contributed by atoms with Gasteiger partial charge in [0.2, 0.25) is 5.91 Å². The molecule has 5 heteroatoms. The second-order valence-corrected chi connectivity index (χ2v) is 5.28. The lowest BCUT2D eigenvalue weighted by Gasteiger charge is -2.08. The fraction of sp³-hybridized carbons (Fsp3) is 0.235. The Balaban J connectivity index is 1.88. The lowest BCUT2D eigenvalue weighted by atomic mass is 10.1. The standard InChI is InChI=1S/C17H19ClN2O2/c1-2-22-16-9-3-12(11-15(16)18)4-10-17(21)20-14-7-5-13(19)6-8-14/h3,5-9,11H,2,4,10,19H2,1H3,(H,20,21). The van der Waals surface area contributed by atoms with Gasteiger partial charge in [0.15, 0.2) is 0 Å². The molecule has 0 saturated carbocycles. The number of hydrogen-bond acceptors (Lipinski definition) is 3. The number of carbonyl (C=O) groups excluding carboxylic acids is 1. The minimum Gasteiger partial charge on any atom is -0.492 e. The SMILES string of the molecule is CCOc1ccc(CCC(=O)Nc2ccc(N)cc2)cc1Cl. The molecule has 22 heavy (non-hydrogen) atoms. The summed E-state index contributed by atoms with van der Waals surface area (Å²) in [5.41, 5.74) is 8.01. The predicted octanol–water partition coefficient (Wildman–Crippen LogP) is 3.89. The lowest BCUT2D eigenvalue weighted by Crippen LogP contribution is -2.12. The number of aryl methyl sites for hydroxylation is 1. The quantitative estimate of drug-likeness (QED) is 0.794. The van der Waals surface area contributed by atoms with Crippen LogP contribution in [0.4, 0.5) is 11.4 Å². The van der Waals surface area contributed by atoms with Crippen LogP contribution in [0.25, 0.3) is 0 Å². The Hall–Kier alpha value is -2.20. The van der Waals surface area contributed by atoms with Crippen molar-refractivity contribution >= 4 is 28.9 Å². The van der Waals surface area contributed by atoms with Crippen LogP contribution >= 0.6 is 11.6 Å². The van der Waals surface area contributed by atoms with Gasteiger partial charge in [0.05, 0.1) is 11.6 Å². The Kier molecular flexibility index (Phi) is 5.67. The van der Waals surface area contributed by atoms with Crippen LogP contribution in [0.15, 0.2) is 42.5 Å². The van der Waals surface area contributed by atoms with Crippen molar-refractivity contribution in [2.24, 2.45) is 0 Å². The first-order chi connectivity index (χ1) is 10.6. The van der Waals surface area contributed by atoms with E-state index >= 15 is 0 Å². The van der Waals surface area contributed by atoms with Crippen LogP contribution in [-0.2, 0) is 11.2 Å². The van der Waals surface area contributed by atoms with E-state index in [1.807, 2.05) is 25.1 Å². The maximum Gasteiger partial charge on any atom is 0.224 e. The number of hydrogen-bond donors (Lipinski definition) is 2. The molecule has 3 N–H and O–H groups in total. The van der Waals surface area contributed by atoms with E-state index in [0.717, 1.165) is 11.3 Å². The van der Waals surface area contributed by atoms with Gasteiger partial charge in [-0.2, -0.15) is 0 Å². The van der Waals surface area contributed by atoms with Gasteiger partial charge in [-0.05, 0) is 55.3 Å². The molecule has 0 radical (unpaired) electrons. The third-order valence-electron chi connectivity index (χ3n) is 3.13. The molecule has 0 atom stereocenters. The topological polar surface area (TPSA) is 64.3 Å². The number of carbonyl (C=O) groups is 1. The van der Waals surface area contributed by atoms with Gasteiger partial charge in [0.25, 0.3) is 0 Å². The number of benzene rings is 2. The van der Waals surface area contributed by atoms with Crippen LogP contribution in [0, 0.1) is 0 Å². The molecule has 0 saturated heterocycles. The van der Waals surface area contributed by atoms with E-state index in [2.05, 4.69) is 5.32 Å². The third-order valence-corrected chi connectivity index (χ3v) is 3.43. The molecule has 0 unspecified atom stereocenters. The Bertz CT molecular complexity index is 642. The lowest BCUT2D eigenvalue weighted by molar-refractivity contribution is -0.116. The molecular formula is C17H19ClN2O2. The molecule has 4 nitrogen and oxygen atoms in total. The number of nitrogens with two attached hydrogens (primary N) is 1. The molecule has 2 aromatic rings. The van der Waals surface area contributed by atoms with Crippen molar-refractivity contribution in [3.63, 3.8) is 0 Å². The monoisotopic (exact) mass is 318 g/mol. The highest BCUT2D eigenvalue weighted by atomic mass is 35.5. The predicted molar refractivity (Wildman–Crippen MR) is 90.4 cm³/mol. The molecular weight excluding hydrogens is 300 g/mol. The second-order valence-electron chi connectivity index (χ2n) is 4.87. The molecule has 0 bridgehead atoms. The maximum atomic E-state index is 11.9. The number of rotatable bonds is 6. The summed E-state index contributed by atoms with van der Waals surface area (Å²) in [4.78, 5) is 11.9. The first kappa shape index (κ1) is 16.2. The van der Waals surface area contributed by atoms with Crippen molar-refractivity contribution in [1.82, 2.24) is 0 Å². The summed E-state index contributed by atoms with van der Waals surface area (Å²) in [5.74, 6) is 0.619. The zero-order chi connectivity index (χ0) is 15.9. The Morgan fingerprint density at radius 1 is 1.23 bits per heavy atom. The molecule has 0 spiro atoms. The molecule has 116 valence electrons. The van der Waals surface area contributed by atoms with Gasteiger partial charge < -0.3 is 15.8 Å². The molecule has 0 aliphatic carbocycles. The fourth-order valence-corrected chi connectivity index (χ4v) is 2.28. The number of nitrogens with one attached hydrogen (secondary N) is 1. The van der Waals surface area contributed by atoms with Crippen LogP contribution in [0.3, 0.4) is 0 Å². The van der Waals surface area contributed by atoms with Crippen molar-refractivity contribution in [3.05, 3.63) is 53.1 Å². The first-order valence-electron chi connectivity index (χ1n) is 7.15. The van der Waals surface area contributed by atoms with Gasteiger partial charge in [-0.1, -0.05) is 17.7 Å². The van der Waals surface area contributed by atoms with E-state index in [-0.39, 0.29) is 5.91 Å². The fourth-order valence-electron chi connectivity index (χ4n) is 2.02. The number of ether oxygens (including phenoxy) is 1. The van der Waals surface area contributed by atoms with E-state index in [4.69, 9.17) is 22.1 Å². The summed E-state index contributed by atoms with van der Waals surface area (Å²) < 4.78 is 5.38. The normalized spacial score (nSPS) is 10.3. The minimum atomic E-state index is -0.0465. The van der Waals surface area contributed by atoms with Crippen LogP contribution in [0.1, 0.15) is 18.9 Å². The summed E-state index contributed by atoms with van der Waals surface area (Å²) in [6.07, 6.45) is 1.00. The van der Waals surface area contributed by atoms with Gasteiger partial charge in [-0.15, -0.1) is 0 Å². The van der Waals surface area contributed by atoms with E-state index < -0.39 is 0 Å². The summed E-state index contributed by atoms with van der Waals surface area (Å²) in [5, 5.41) is 3.40. The highest BCUT2D eigenvalue weighted by Crippen LogP contribution is 2.26. The number of amides is 1. The van der Waals surface area contributed by atoms with Crippen molar-refractivity contribution in [1.29, 1.82) is 0 Å². The van der Waals surface area contributed by atoms with Crippen molar-refractivity contribution in [2.75, 3.05) is 17.7 Å². The largest absolute Gasteiger partial charge is 0.492 e. The Morgan fingerprint density at radius 2 is 1.95 bits per heavy atom. The van der Waals surface area contributed by atoms with Crippen LogP contribution in [0.5, 0.6) is 5.75 Å². The number of nitrogen functional groups attached to an aromatic ring is 1. The van der Waals surface area contributed by atoms with Gasteiger partial charge in [-0.3, -0.25) is 4.79 Å². The molecule has 1 amide bonds. The van der Waals surface area contributed by atoms with E-state index in [0.29, 0.717) is 35.9 Å². The van der Waals surface area contributed by atoms with Gasteiger partial charge in [-0.25, -0.2) is 0 Å². The Labute approximate surface area is 135 Å². The average molecular weight is 319 g/mol. The molecule has 0 aliphatic rings. The molecule has 0 fully saturated rings. The summed E-state index contributed by atoms with van der Waals surface area (Å²) >= 11 is 6.13. The molecule has 0 aliphatic heterocycles. The minimum absolute atomic E-state index is 0.0465. The maximum absolute atomic E-state index is 11.9. The summed E-state index contributed by atoms with van der Waals surface area (Å²) in [7, 11) is 0. The number of halogens is 1. The zero-order valence-electron chi connectivity index (χ0n) is 12.4. The first-order valence-corrected chi connectivity index (χ1v) is 7.53. The van der Waals surface area contributed by atoms with Crippen molar-refractivity contribution in [3.8, 4) is 5.75 Å². The van der Waals surface area contributed by atoms with E-state index in [9.17, 15) is 4.79 Å². The van der Waals surface area contributed by atoms with Crippen LogP contribution in [0.2, 0.25) is 5.02 Å². The van der Waals surface area contributed by atoms with Crippen molar-refractivity contribution < 1.29 is 9.53 Å². The van der Waals surface area contributed by atoms with Crippen molar-refractivity contribution in [2.45, 2.75) is 19.8 Å². The highest BCUT2D eigenvalue weighted by molar-refractivity contribution is 6.32. The number of anilines is 2. The smallest absolute Gasteiger partial charge is 0.224 e. The third kappa shape index (κ3) is 4.67. The molecule has 0 aromatic heterocycles. The average Bonchev–Trinajstić information content (AvgIpc) is 2.50.